The molecule has 2 aromatic carbocycles. The van der Waals surface area contributed by atoms with Crippen molar-refractivity contribution >= 4 is 17.3 Å². The van der Waals surface area contributed by atoms with Crippen LogP contribution in [-0.2, 0) is 11.3 Å². The van der Waals surface area contributed by atoms with E-state index in [1.165, 1.54) is 10.5 Å². The smallest absolute Gasteiger partial charge is 0.231 e. The standard InChI is InChI=1S/C21H25N3O3S/c28-21(22-13-16-6-7-19-20(12-16)27-15-26-19)23-18(17-4-2-1-3-5-17)14-24-8-10-25-11-9-24/h1-7,12,18H,8-11,13-15H2,(H2,22,23,28)/p+1/t18-/m1/s1. The first-order valence-corrected chi connectivity index (χ1v) is 10.1. The van der Waals surface area contributed by atoms with Crippen LogP contribution in [0.4, 0.5) is 0 Å². The number of hydrogen-bond acceptors (Lipinski definition) is 4. The van der Waals surface area contributed by atoms with Crippen LogP contribution in [0.2, 0.25) is 0 Å². The predicted octanol–water partition coefficient (Wildman–Crippen LogP) is 1.04. The van der Waals surface area contributed by atoms with Crippen molar-refractivity contribution < 1.29 is 19.1 Å². The molecule has 1 saturated heterocycles. The highest BCUT2D eigenvalue weighted by molar-refractivity contribution is 7.80. The zero-order valence-electron chi connectivity index (χ0n) is 15.8. The highest BCUT2D eigenvalue weighted by Gasteiger charge is 2.22. The molecule has 0 saturated carbocycles. The molecule has 0 bridgehead atoms. The molecular weight excluding hydrogens is 374 g/mol. The maximum atomic E-state index is 5.58. The van der Waals surface area contributed by atoms with Crippen LogP contribution in [0.15, 0.2) is 48.5 Å². The summed E-state index contributed by atoms with van der Waals surface area (Å²) in [4.78, 5) is 1.53. The average Bonchev–Trinajstić information content (AvgIpc) is 3.21. The Labute approximate surface area is 170 Å². The zero-order chi connectivity index (χ0) is 19.2. The van der Waals surface area contributed by atoms with Gasteiger partial charge < -0.3 is 29.7 Å². The lowest BCUT2D eigenvalue weighted by atomic mass is 10.1. The molecule has 2 aliphatic heterocycles. The van der Waals surface area contributed by atoms with Crippen LogP contribution >= 0.6 is 12.2 Å². The fourth-order valence-electron chi connectivity index (χ4n) is 3.53. The Morgan fingerprint density at radius 3 is 2.64 bits per heavy atom. The molecule has 0 aromatic heterocycles. The number of fused-ring (bicyclic) bond motifs is 1. The van der Waals surface area contributed by atoms with Crippen molar-refractivity contribution in [2.45, 2.75) is 12.6 Å². The molecule has 0 radical (unpaired) electrons. The molecule has 0 spiro atoms. The van der Waals surface area contributed by atoms with Gasteiger partial charge in [0.1, 0.15) is 25.7 Å². The van der Waals surface area contributed by atoms with Gasteiger partial charge in [-0.2, -0.15) is 0 Å². The number of thiocarbonyl (C=S) groups is 1. The van der Waals surface area contributed by atoms with E-state index < -0.39 is 0 Å². The summed E-state index contributed by atoms with van der Waals surface area (Å²) in [7, 11) is 0. The lowest BCUT2D eigenvalue weighted by molar-refractivity contribution is -0.909. The third-order valence-corrected chi connectivity index (χ3v) is 5.35. The van der Waals surface area contributed by atoms with Crippen LogP contribution < -0.4 is 25.0 Å². The van der Waals surface area contributed by atoms with Crippen LogP contribution in [0.1, 0.15) is 17.2 Å². The maximum absolute atomic E-state index is 5.58. The largest absolute Gasteiger partial charge is 0.454 e. The van der Waals surface area contributed by atoms with Crippen molar-refractivity contribution in [1.29, 1.82) is 0 Å². The van der Waals surface area contributed by atoms with E-state index in [1.54, 1.807) is 0 Å². The predicted molar refractivity (Wildman–Crippen MR) is 111 cm³/mol. The number of quaternary nitrogens is 1. The Kier molecular flexibility index (Phi) is 6.26. The quantitative estimate of drug-likeness (QED) is 0.630. The monoisotopic (exact) mass is 400 g/mol. The van der Waals surface area contributed by atoms with Gasteiger partial charge in [-0.1, -0.05) is 36.4 Å². The first kappa shape index (κ1) is 19.0. The van der Waals surface area contributed by atoms with Crippen molar-refractivity contribution in [2.24, 2.45) is 0 Å². The van der Waals surface area contributed by atoms with E-state index >= 15 is 0 Å². The summed E-state index contributed by atoms with van der Waals surface area (Å²) < 4.78 is 16.3. The van der Waals surface area contributed by atoms with Gasteiger partial charge in [0.15, 0.2) is 16.6 Å². The number of morpholine rings is 1. The highest BCUT2D eigenvalue weighted by Crippen LogP contribution is 2.32. The number of ether oxygens (including phenoxy) is 3. The van der Waals surface area contributed by atoms with Gasteiger partial charge in [0.2, 0.25) is 6.79 Å². The molecule has 7 heteroatoms. The zero-order valence-corrected chi connectivity index (χ0v) is 16.6. The van der Waals surface area contributed by atoms with E-state index in [0.29, 0.717) is 11.7 Å². The number of nitrogens with one attached hydrogen (secondary N) is 3. The minimum Gasteiger partial charge on any atom is -0.454 e. The van der Waals surface area contributed by atoms with Gasteiger partial charge in [-0.25, -0.2) is 0 Å². The number of hydrogen-bond donors (Lipinski definition) is 3. The second-order valence-corrected chi connectivity index (χ2v) is 7.45. The second kappa shape index (κ2) is 9.23. The van der Waals surface area contributed by atoms with Gasteiger partial charge in [0.05, 0.1) is 13.2 Å². The second-order valence-electron chi connectivity index (χ2n) is 7.04. The van der Waals surface area contributed by atoms with E-state index in [9.17, 15) is 0 Å². The third-order valence-electron chi connectivity index (χ3n) is 5.09. The molecule has 0 aliphatic carbocycles. The SMILES string of the molecule is S=C(NCc1ccc2c(c1)OCO2)N[C@H](C[NH+]1CCOCC1)c1ccccc1. The Morgan fingerprint density at radius 2 is 1.82 bits per heavy atom. The Hall–Kier alpha value is -2.35. The molecule has 2 heterocycles. The molecule has 2 aliphatic rings. The lowest BCUT2D eigenvalue weighted by Gasteiger charge is -2.29. The fraction of sp³-hybridized carbons (Fsp3) is 0.381. The summed E-state index contributed by atoms with van der Waals surface area (Å²) >= 11 is 5.58. The first-order chi connectivity index (χ1) is 13.8. The van der Waals surface area contributed by atoms with Gasteiger partial charge in [0, 0.05) is 6.54 Å². The maximum Gasteiger partial charge on any atom is 0.231 e. The van der Waals surface area contributed by atoms with E-state index in [0.717, 1.165) is 49.9 Å². The third kappa shape index (κ3) is 4.92. The summed E-state index contributed by atoms with van der Waals surface area (Å²) in [6, 6.07) is 16.6. The van der Waals surface area contributed by atoms with Gasteiger partial charge >= 0.3 is 0 Å². The molecule has 3 N–H and O–H groups in total. The first-order valence-electron chi connectivity index (χ1n) is 9.67. The Morgan fingerprint density at radius 1 is 1.04 bits per heavy atom. The summed E-state index contributed by atoms with van der Waals surface area (Å²) in [5.74, 6) is 1.58. The van der Waals surface area contributed by atoms with Gasteiger partial charge in [-0.05, 0) is 35.5 Å². The number of rotatable bonds is 6. The fourth-order valence-corrected chi connectivity index (χ4v) is 3.75. The average molecular weight is 401 g/mol. The van der Waals surface area contributed by atoms with Crippen LogP contribution in [0, 0.1) is 0 Å². The van der Waals surface area contributed by atoms with Crippen molar-refractivity contribution in [3.63, 3.8) is 0 Å². The summed E-state index contributed by atoms with van der Waals surface area (Å²) in [5, 5.41) is 7.48. The van der Waals surface area contributed by atoms with Crippen LogP contribution in [0.5, 0.6) is 11.5 Å². The number of benzene rings is 2. The van der Waals surface area contributed by atoms with Crippen LogP contribution in [0.25, 0.3) is 0 Å². The minimum absolute atomic E-state index is 0.158. The minimum atomic E-state index is 0.158. The van der Waals surface area contributed by atoms with Crippen molar-refractivity contribution in [3.8, 4) is 11.5 Å². The van der Waals surface area contributed by atoms with E-state index in [1.807, 2.05) is 24.3 Å². The highest BCUT2D eigenvalue weighted by atomic mass is 32.1. The summed E-state index contributed by atoms with van der Waals surface area (Å²) in [6.45, 7) is 5.60. The molecule has 1 atom stereocenters. The van der Waals surface area contributed by atoms with E-state index in [4.69, 9.17) is 26.4 Å². The molecule has 6 nitrogen and oxygen atoms in total. The summed E-state index contributed by atoms with van der Waals surface area (Å²) in [6.07, 6.45) is 0. The molecule has 4 rings (SSSR count). The van der Waals surface area contributed by atoms with Gasteiger partial charge in [-0.3, -0.25) is 0 Å². The van der Waals surface area contributed by atoms with Crippen molar-refractivity contribution in [3.05, 3.63) is 59.7 Å². The molecular formula is C21H26N3O3S+. The van der Waals surface area contributed by atoms with Crippen molar-refractivity contribution in [1.82, 2.24) is 10.6 Å². The van der Waals surface area contributed by atoms with Crippen molar-refractivity contribution in [2.75, 3.05) is 39.6 Å². The molecule has 28 heavy (non-hydrogen) atoms. The molecule has 148 valence electrons. The molecule has 1 fully saturated rings. The van der Waals surface area contributed by atoms with Crippen LogP contribution in [-0.4, -0.2) is 44.8 Å². The molecule has 0 unspecified atom stereocenters. The molecule has 0 amide bonds. The van der Waals surface area contributed by atoms with E-state index in [2.05, 4.69) is 34.9 Å². The summed E-state index contributed by atoms with van der Waals surface area (Å²) in [5.41, 5.74) is 2.34. The topological polar surface area (TPSA) is 56.2 Å². The normalized spacial score (nSPS) is 17.1. The van der Waals surface area contributed by atoms with Gasteiger partial charge in [0.25, 0.3) is 0 Å². The lowest BCUT2D eigenvalue weighted by Crippen LogP contribution is -3.14. The van der Waals surface area contributed by atoms with E-state index in [-0.39, 0.29) is 12.8 Å². The van der Waals surface area contributed by atoms with Crippen LogP contribution in [0.3, 0.4) is 0 Å². The Bertz CT molecular complexity index is 797. The molecule has 2 aromatic rings. The Balaban J connectivity index is 1.36. The van der Waals surface area contributed by atoms with Gasteiger partial charge in [-0.15, -0.1) is 0 Å².